The molecule has 0 fully saturated rings. The molecule has 2 unspecified atom stereocenters. The molecule has 1 aromatic rings. The highest BCUT2D eigenvalue weighted by molar-refractivity contribution is 5.87. The molecule has 1 amide bonds. The number of ether oxygens (including phenoxy) is 1. The first-order valence-corrected chi connectivity index (χ1v) is 6.03. The van der Waals surface area contributed by atoms with Crippen LogP contribution in [0.4, 0.5) is 8.78 Å². The van der Waals surface area contributed by atoms with Crippen LogP contribution in [0.2, 0.25) is 0 Å². The average Bonchev–Trinajstić information content (AvgIpc) is 2.81. The van der Waals surface area contributed by atoms with E-state index in [1.54, 1.807) is 24.3 Å². The lowest BCUT2D eigenvalue weighted by Gasteiger charge is -2.17. The van der Waals surface area contributed by atoms with Gasteiger partial charge < -0.3 is 15.2 Å². The molecule has 7 heteroatoms. The van der Waals surface area contributed by atoms with E-state index >= 15 is 0 Å². The predicted octanol–water partition coefficient (Wildman–Crippen LogP) is 1.21. The second-order valence-electron chi connectivity index (χ2n) is 4.44. The maximum atomic E-state index is 12.2. The lowest BCUT2D eigenvalue weighted by molar-refractivity contribution is -0.144. The van der Waals surface area contributed by atoms with Crippen molar-refractivity contribution in [2.24, 2.45) is 0 Å². The Bertz CT molecular complexity index is 496. The number of halogens is 2. The molecule has 5 nitrogen and oxygen atoms in total. The zero-order valence-corrected chi connectivity index (χ0v) is 10.4. The third-order valence-corrected chi connectivity index (χ3v) is 2.97. The lowest BCUT2D eigenvalue weighted by Crippen LogP contribution is -2.47. The van der Waals surface area contributed by atoms with Gasteiger partial charge in [0.05, 0.1) is 0 Å². The standard InChI is InChI=1S/C13H13F2NO4/c14-11(15)6-8(13(18)19)16-12(17)10-5-7-3-1-2-4-9(7)20-10/h1-4,8,10-11H,5-6H2,(H,16,17)(H,18,19). The summed E-state index contributed by atoms with van der Waals surface area (Å²) in [4.78, 5) is 22.7. The maximum absolute atomic E-state index is 12.2. The summed E-state index contributed by atoms with van der Waals surface area (Å²) in [7, 11) is 0. The average molecular weight is 285 g/mol. The number of rotatable bonds is 5. The van der Waals surface area contributed by atoms with Gasteiger partial charge in [-0.1, -0.05) is 18.2 Å². The fraction of sp³-hybridized carbons (Fsp3) is 0.385. The van der Waals surface area contributed by atoms with Crippen molar-refractivity contribution >= 4 is 11.9 Å². The van der Waals surface area contributed by atoms with E-state index in [9.17, 15) is 18.4 Å². The number of alkyl halides is 2. The number of hydrogen-bond acceptors (Lipinski definition) is 3. The number of carbonyl (C=O) groups excluding carboxylic acids is 1. The van der Waals surface area contributed by atoms with E-state index in [0.29, 0.717) is 12.2 Å². The highest BCUT2D eigenvalue weighted by atomic mass is 19.3. The highest BCUT2D eigenvalue weighted by Gasteiger charge is 2.32. The molecule has 0 bridgehead atoms. The monoisotopic (exact) mass is 285 g/mol. The number of benzene rings is 1. The summed E-state index contributed by atoms with van der Waals surface area (Å²) in [5, 5.41) is 10.9. The minimum atomic E-state index is -2.81. The molecule has 1 heterocycles. The van der Waals surface area contributed by atoms with Gasteiger partial charge in [0.15, 0.2) is 6.10 Å². The Balaban J connectivity index is 1.97. The fourth-order valence-electron chi connectivity index (χ4n) is 1.99. The van der Waals surface area contributed by atoms with E-state index in [1.807, 2.05) is 0 Å². The zero-order valence-electron chi connectivity index (χ0n) is 10.4. The molecule has 0 aromatic heterocycles. The van der Waals surface area contributed by atoms with E-state index in [4.69, 9.17) is 9.84 Å². The van der Waals surface area contributed by atoms with Gasteiger partial charge in [-0.15, -0.1) is 0 Å². The molecule has 0 aliphatic carbocycles. The molecule has 0 radical (unpaired) electrons. The fourth-order valence-corrected chi connectivity index (χ4v) is 1.99. The van der Waals surface area contributed by atoms with Gasteiger partial charge in [0.25, 0.3) is 5.91 Å². The Hall–Kier alpha value is -2.18. The van der Waals surface area contributed by atoms with E-state index in [2.05, 4.69) is 5.32 Å². The molecule has 20 heavy (non-hydrogen) atoms. The van der Waals surface area contributed by atoms with Crippen molar-refractivity contribution in [1.29, 1.82) is 0 Å². The molecular weight excluding hydrogens is 272 g/mol. The van der Waals surface area contributed by atoms with Crippen LogP contribution in [0.5, 0.6) is 5.75 Å². The van der Waals surface area contributed by atoms with Gasteiger partial charge in [-0.05, 0) is 11.6 Å². The smallest absolute Gasteiger partial charge is 0.326 e. The summed E-state index contributed by atoms with van der Waals surface area (Å²) in [6, 6.07) is 5.40. The third kappa shape index (κ3) is 3.23. The lowest BCUT2D eigenvalue weighted by atomic mass is 10.1. The molecule has 2 rings (SSSR count). The molecule has 0 spiro atoms. The quantitative estimate of drug-likeness (QED) is 0.852. The van der Waals surface area contributed by atoms with Crippen LogP contribution in [-0.4, -0.2) is 35.6 Å². The SMILES string of the molecule is O=C(O)C(CC(F)F)NC(=O)C1Cc2ccccc2O1. The van der Waals surface area contributed by atoms with Crippen LogP contribution in [-0.2, 0) is 16.0 Å². The Kier molecular flexibility index (Phi) is 4.16. The Morgan fingerprint density at radius 2 is 2.10 bits per heavy atom. The van der Waals surface area contributed by atoms with Crippen molar-refractivity contribution in [2.45, 2.75) is 31.4 Å². The number of carboxylic acids is 1. The molecule has 2 atom stereocenters. The van der Waals surface area contributed by atoms with Crippen molar-refractivity contribution < 1.29 is 28.2 Å². The Morgan fingerprint density at radius 1 is 1.40 bits per heavy atom. The summed E-state index contributed by atoms with van der Waals surface area (Å²) in [5.41, 5.74) is 0.827. The van der Waals surface area contributed by atoms with Crippen molar-refractivity contribution in [3.05, 3.63) is 29.8 Å². The number of carboxylic acid groups (broad SMARTS) is 1. The minimum Gasteiger partial charge on any atom is -0.480 e. The molecule has 1 aliphatic rings. The summed E-state index contributed by atoms with van der Waals surface area (Å²) in [5.74, 6) is -1.64. The second kappa shape index (κ2) is 5.85. The number of amides is 1. The largest absolute Gasteiger partial charge is 0.480 e. The minimum absolute atomic E-state index is 0.295. The first-order valence-electron chi connectivity index (χ1n) is 6.03. The number of nitrogens with one attached hydrogen (secondary N) is 1. The zero-order chi connectivity index (χ0) is 14.7. The van der Waals surface area contributed by atoms with Crippen molar-refractivity contribution in [1.82, 2.24) is 5.32 Å². The topological polar surface area (TPSA) is 75.6 Å². The molecule has 1 aromatic carbocycles. The van der Waals surface area contributed by atoms with Crippen LogP contribution in [0.3, 0.4) is 0 Å². The van der Waals surface area contributed by atoms with Crippen molar-refractivity contribution in [3.8, 4) is 5.75 Å². The van der Waals surface area contributed by atoms with Gasteiger partial charge in [0, 0.05) is 12.8 Å². The van der Waals surface area contributed by atoms with E-state index < -0.39 is 36.9 Å². The van der Waals surface area contributed by atoms with Crippen molar-refractivity contribution in [3.63, 3.8) is 0 Å². The number of hydrogen-bond donors (Lipinski definition) is 2. The van der Waals surface area contributed by atoms with Gasteiger partial charge in [0.2, 0.25) is 6.43 Å². The van der Waals surface area contributed by atoms with Crippen LogP contribution >= 0.6 is 0 Å². The molecule has 1 aliphatic heterocycles. The molecular formula is C13H13F2NO4. The molecule has 108 valence electrons. The molecule has 0 saturated carbocycles. The van der Waals surface area contributed by atoms with Gasteiger partial charge in [-0.2, -0.15) is 0 Å². The number of carbonyl (C=O) groups is 2. The van der Waals surface area contributed by atoms with Crippen LogP contribution < -0.4 is 10.1 Å². The first kappa shape index (κ1) is 14.2. The Labute approximate surface area is 113 Å². The summed E-state index contributed by atoms with van der Waals surface area (Å²) in [6.45, 7) is 0. The highest BCUT2D eigenvalue weighted by Crippen LogP contribution is 2.28. The second-order valence-corrected chi connectivity index (χ2v) is 4.44. The van der Waals surface area contributed by atoms with Crippen molar-refractivity contribution in [2.75, 3.05) is 0 Å². The summed E-state index contributed by atoms with van der Waals surface area (Å²) in [6.07, 6.45) is -4.32. The first-order chi connectivity index (χ1) is 9.47. The van der Waals surface area contributed by atoms with Gasteiger partial charge in [-0.3, -0.25) is 4.79 Å². The normalized spacial score (nSPS) is 18.2. The van der Waals surface area contributed by atoms with Crippen LogP contribution in [0, 0.1) is 0 Å². The van der Waals surface area contributed by atoms with Crippen LogP contribution in [0.1, 0.15) is 12.0 Å². The van der Waals surface area contributed by atoms with Crippen LogP contribution in [0.15, 0.2) is 24.3 Å². The van der Waals surface area contributed by atoms with Gasteiger partial charge in [0.1, 0.15) is 11.8 Å². The maximum Gasteiger partial charge on any atom is 0.326 e. The Morgan fingerprint density at radius 3 is 2.70 bits per heavy atom. The number of fused-ring (bicyclic) bond motifs is 1. The summed E-state index contributed by atoms with van der Waals surface area (Å²) >= 11 is 0. The van der Waals surface area contributed by atoms with E-state index in [0.717, 1.165) is 5.56 Å². The number of para-hydroxylation sites is 1. The summed E-state index contributed by atoms with van der Waals surface area (Å²) < 4.78 is 29.8. The van der Waals surface area contributed by atoms with E-state index in [1.165, 1.54) is 0 Å². The van der Waals surface area contributed by atoms with Gasteiger partial charge >= 0.3 is 5.97 Å². The predicted molar refractivity (Wildman–Crippen MR) is 64.7 cm³/mol. The van der Waals surface area contributed by atoms with Crippen LogP contribution in [0.25, 0.3) is 0 Å². The molecule has 2 N–H and O–H groups in total. The number of aliphatic carboxylic acids is 1. The van der Waals surface area contributed by atoms with Gasteiger partial charge in [-0.25, -0.2) is 13.6 Å². The van der Waals surface area contributed by atoms with E-state index in [-0.39, 0.29) is 0 Å². The third-order valence-electron chi connectivity index (χ3n) is 2.97. The molecule has 0 saturated heterocycles.